The number of methoxy groups -OCH3 is 1. The van der Waals surface area contributed by atoms with E-state index in [4.69, 9.17) is 9.47 Å². The maximum absolute atomic E-state index is 13.0. The van der Waals surface area contributed by atoms with Gasteiger partial charge in [0.05, 0.1) is 20.1 Å². The van der Waals surface area contributed by atoms with Gasteiger partial charge in [-0.1, -0.05) is 13.3 Å². The second kappa shape index (κ2) is 6.95. The minimum Gasteiger partial charge on any atom is -0.497 e. The van der Waals surface area contributed by atoms with Crippen molar-refractivity contribution in [2.45, 2.75) is 46.0 Å². The molecule has 120 valence electrons. The van der Waals surface area contributed by atoms with Crippen LogP contribution in [0.2, 0.25) is 0 Å². The molecule has 22 heavy (non-hydrogen) atoms. The van der Waals surface area contributed by atoms with E-state index >= 15 is 0 Å². The number of benzene rings is 1. The summed E-state index contributed by atoms with van der Waals surface area (Å²) in [7, 11) is 1.62. The molecule has 0 radical (unpaired) electrons. The Bertz CT molecular complexity index is 564. The molecular formula is C18H24O4. The summed E-state index contributed by atoms with van der Waals surface area (Å²) in [6.45, 7) is 4.18. The first-order chi connectivity index (χ1) is 10.6. The molecule has 0 aliphatic heterocycles. The Morgan fingerprint density at radius 2 is 2.09 bits per heavy atom. The van der Waals surface area contributed by atoms with Gasteiger partial charge in [-0.15, -0.1) is 0 Å². The number of ketones is 1. The minimum absolute atomic E-state index is 0.0753. The molecule has 2 rings (SSSR count). The lowest BCUT2D eigenvalue weighted by molar-refractivity contribution is -0.145. The monoisotopic (exact) mass is 304 g/mol. The number of hydrogen-bond donors (Lipinski definition) is 0. The summed E-state index contributed by atoms with van der Waals surface area (Å²) in [6, 6.07) is 5.56. The van der Waals surface area contributed by atoms with E-state index in [1.165, 1.54) is 0 Å². The molecule has 0 N–H and O–H groups in total. The Hall–Kier alpha value is -1.84. The van der Waals surface area contributed by atoms with E-state index in [-0.39, 0.29) is 18.2 Å². The topological polar surface area (TPSA) is 52.6 Å². The van der Waals surface area contributed by atoms with Gasteiger partial charge in [0.15, 0.2) is 5.78 Å². The van der Waals surface area contributed by atoms with Crippen LogP contribution in [0.15, 0.2) is 18.2 Å². The van der Waals surface area contributed by atoms with Gasteiger partial charge in [0.2, 0.25) is 0 Å². The highest BCUT2D eigenvalue weighted by Crippen LogP contribution is 2.43. The van der Waals surface area contributed by atoms with E-state index in [1.54, 1.807) is 14.0 Å². The van der Waals surface area contributed by atoms with Crippen LogP contribution in [-0.2, 0) is 16.0 Å². The van der Waals surface area contributed by atoms with Crippen molar-refractivity contribution in [1.82, 2.24) is 0 Å². The van der Waals surface area contributed by atoms with Crippen LogP contribution < -0.4 is 4.74 Å². The number of hydrogen-bond acceptors (Lipinski definition) is 4. The van der Waals surface area contributed by atoms with Gasteiger partial charge < -0.3 is 9.47 Å². The second-order valence-corrected chi connectivity index (χ2v) is 5.86. The number of rotatable bonds is 6. The van der Waals surface area contributed by atoms with Gasteiger partial charge in [-0.25, -0.2) is 0 Å². The number of carbonyl (C=O) groups is 2. The van der Waals surface area contributed by atoms with Gasteiger partial charge in [-0.3, -0.25) is 9.59 Å². The molecule has 1 unspecified atom stereocenters. The van der Waals surface area contributed by atoms with E-state index in [0.29, 0.717) is 13.0 Å². The van der Waals surface area contributed by atoms with Crippen molar-refractivity contribution >= 4 is 11.8 Å². The van der Waals surface area contributed by atoms with Crippen molar-refractivity contribution in [2.75, 3.05) is 13.7 Å². The Morgan fingerprint density at radius 3 is 2.73 bits per heavy atom. The van der Waals surface area contributed by atoms with Crippen LogP contribution in [0.25, 0.3) is 0 Å². The predicted octanol–water partition coefficient (Wildman–Crippen LogP) is 3.56. The van der Waals surface area contributed by atoms with Crippen LogP contribution in [0.5, 0.6) is 5.75 Å². The van der Waals surface area contributed by atoms with E-state index in [0.717, 1.165) is 36.1 Å². The van der Waals surface area contributed by atoms with Gasteiger partial charge in [0.25, 0.3) is 0 Å². The summed E-state index contributed by atoms with van der Waals surface area (Å²) in [5.74, 6) is 0.563. The first kappa shape index (κ1) is 16.5. The van der Waals surface area contributed by atoms with Crippen LogP contribution in [0.4, 0.5) is 0 Å². The highest BCUT2D eigenvalue weighted by molar-refractivity contribution is 6.04. The first-order valence-electron chi connectivity index (χ1n) is 7.93. The number of aryl methyl sites for hydroxylation is 1. The van der Waals surface area contributed by atoms with Crippen LogP contribution in [-0.4, -0.2) is 25.5 Å². The maximum atomic E-state index is 13.0. The molecule has 0 saturated heterocycles. The molecule has 1 aliphatic rings. The van der Waals surface area contributed by atoms with E-state index in [2.05, 4.69) is 0 Å². The van der Waals surface area contributed by atoms with Crippen LogP contribution >= 0.6 is 0 Å². The van der Waals surface area contributed by atoms with E-state index < -0.39 is 5.41 Å². The molecule has 4 heteroatoms. The molecule has 4 nitrogen and oxygen atoms in total. The van der Waals surface area contributed by atoms with Crippen LogP contribution in [0, 0.1) is 5.41 Å². The molecule has 1 aromatic rings. The largest absolute Gasteiger partial charge is 0.497 e. The number of Topliss-reactive ketones (excluding diaryl/α,β-unsaturated/α-hetero) is 1. The lowest BCUT2D eigenvalue weighted by Crippen LogP contribution is -2.38. The molecule has 0 bridgehead atoms. The molecule has 0 heterocycles. The number of carbonyl (C=O) groups excluding carboxylic acids is 2. The lowest BCUT2D eigenvalue weighted by Gasteiger charge is -2.36. The highest BCUT2D eigenvalue weighted by Gasteiger charge is 2.43. The molecule has 0 amide bonds. The fourth-order valence-corrected chi connectivity index (χ4v) is 3.36. The fourth-order valence-electron chi connectivity index (χ4n) is 3.36. The molecule has 0 saturated carbocycles. The molecular weight excluding hydrogens is 280 g/mol. The predicted molar refractivity (Wildman–Crippen MR) is 84.2 cm³/mol. The second-order valence-electron chi connectivity index (χ2n) is 5.86. The van der Waals surface area contributed by atoms with E-state index in [1.807, 2.05) is 25.1 Å². The lowest BCUT2D eigenvalue weighted by atomic mass is 9.66. The van der Waals surface area contributed by atoms with Gasteiger partial charge >= 0.3 is 5.97 Å². The highest BCUT2D eigenvalue weighted by atomic mass is 16.5. The Labute approximate surface area is 131 Å². The zero-order valence-corrected chi connectivity index (χ0v) is 13.6. The molecule has 0 fully saturated rings. The van der Waals surface area contributed by atoms with Crippen molar-refractivity contribution in [3.05, 3.63) is 29.3 Å². The summed E-state index contributed by atoms with van der Waals surface area (Å²) < 4.78 is 10.3. The van der Waals surface area contributed by atoms with Crippen LogP contribution in [0.1, 0.15) is 55.5 Å². The van der Waals surface area contributed by atoms with Crippen molar-refractivity contribution in [3.8, 4) is 5.75 Å². The third-order valence-electron chi connectivity index (χ3n) is 4.43. The number of fused-ring (bicyclic) bond motifs is 1. The van der Waals surface area contributed by atoms with Crippen molar-refractivity contribution in [3.63, 3.8) is 0 Å². The minimum atomic E-state index is -0.609. The smallest absolute Gasteiger partial charge is 0.306 e. The van der Waals surface area contributed by atoms with Gasteiger partial charge in [-0.05, 0) is 49.9 Å². The van der Waals surface area contributed by atoms with Gasteiger partial charge in [0.1, 0.15) is 5.75 Å². The van der Waals surface area contributed by atoms with Crippen LogP contribution in [0.3, 0.4) is 0 Å². The molecule has 1 aromatic carbocycles. The molecule has 1 aliphatic carbocycles. The van der Waals surface area contributed by atoms with Gasteiger partial charge in [0, 0.05) is 11.0 Å². The number of ether oxygens (including phenoxy) is 2. The summed E-state index contributed by atoms with van der Waals surface area (Å²) in [5, 5.41) is 0. The average molecular weight is 304 g/mol. The van der Waals surface area contributed by atoms with Crippen molar-refractivity contribution in [1.29, 1.82) is 0 Å². The summed E-state index contributed by atoms with van der Waals surface area (Å²) in [6.07, 6.45) is 3.25. The van der Waals surface area contributed by atoms with Crippen molar-refractivity contribution in [2.24, 2.45) is 5.41 Å². The summed E-state index contributed by atoms with van der Waals surface area (Å²) in [4.78, 5) is 25.0. The third kappa shape index (κ3) is 3.16. The fraction of sp³-hybridized carbons (Fsp3) is 0.556. The Balaban J connectivity index is 2.32. The first-order valence-corrected chi connectivity index (χ1v) is 7.93. The Morgan fingerprint density at radius 1 is 1.32 bits per heavy atom. The quantitative estimate of drug-likeness (QED) is 0.754. The standard InChI is InChI=1S/C18H24O4/c1-4-9-18(12-16(19)22-5-2)10-8-13-11-14(21-3)6-7-15(13)17(18)20/h6-7,11H,4-5,8-10,12H2,1-3H3. The zero-order valence-electron chi connectivity index (χ0n) is 13.6. The normalized spacial score (nSPS) is 20.4. The maximum Gasteiger partial charge on any atom is 0.306 e. The SMILES string of the molecule is CCCC1(CC(=O)OCC)CCc2cc(OC)ccc2C1=O. The third-order valence-corrected chi connectivity index (χ3v) is 4.43. The molecule has 1 atom stereocenters. The van der Waals surface area contributed by atoms with Gasteiger partial charge in [-0.2, -0.15) is 0 Å². The zero-order chi connectivity index (χ0) is 16.2. The number of esters is 1. The molecule has 0 spiro atoms. The van der Waals surface area contributed by atoms with E-state index in [9.17, 15) is 9.59 Å². The molecule has 0 aromatic heterocycles. The Kier molecular flexibility index (Phi) is 5.22. The summed E-state index contributed by atoms with van der Waals surface area (Å²) >= 11 is 0. The summed E-state index contributed by atoms with van der Waals surface area (Å²) in [5.41, 5.74) is 1.13. The van der Waals surface area contributed by atoms with Crippen molar-refractivity contribution < 1.29 is 19.1 Å². The average Bonchev–Trinajstić information content (AvgIpc) is 2.51.